The number of hydrogen-bond acceptors (Lipinski definition) is 5. The molecule has 1 saturated heterocycles. The molecule has 3 rings (SSSR count). The third-order valence-corrected chi connectivity index (χ3v) is 3.17. The number of nitrogens with zero attached hydrogens (tertiary/aromatic N) is 3. The summed E-state index contributed by atoms with van der Waals surface area (Å²) in [7, 11) is 0. The molecular weight excluding hydrogens is 204 g/mol. The van der Waals surface area contributed by atoms with Crippen molar-refractivity contribution in [1.29, 1.82) is 0 Å². The number of hydrogen-bond donors (Lipinski definition) is 1. The van der Waals surface area contributed by atoms with E-state index in [1.165, 1.54) is 12.8 Å². The van der Waals surface area contributed by atoms with Gasteiger partial charge in [-0.25, -0.2) is 9.97 Å². The van der Waals surface area contributed by atoms with Crippen molar-refractivity contribution in [2.75, 3.05) is 18.0 Å². The maximum absolute atomic E-state index is 5.78. The Bertz CT molecular complexity index is 495. The molecule has 0 saturated carbocycles. The molecule has 5 nitrogen and oxygen atoms in total. The lowest BCUT2D eigenvalue weighted by atomic mass is 10.2. The van der Waals surface area contributed by atoms with Crippen LogP contribution in [-0.2, 0) is 0 Å². The highest BCUT2D eigenvalue weighted by molar-refractivity contribution is 5.84. The molecule has 0 radical (unpaired) electrons. The first kappa shape index (κ1) is 9.59. The van der Waals surface area contributed by atoms with Gasteiger partial charge in [-0.2, -0.15) is 0 Å². The van der Waals surface area contributed by atoms with Crippen molar-refractivity contribution in [3.05, 3.63) is 18.7 Å². The van der Waals surface area contributed by atoms with Gasteiger partial charge in [0, 0.05) is 25.3 Å². The fourth-order valence-electron chi connectivity index (χ4n) is 2.39. The van der Waals surface area contributed by atoms with Crippen molar-refractivity contribution in [3.8, 4) is 0 Å². The van der Waals surface area contributed by atoms with Gasteiger partial charge in [-0.05, 0) is 18.9 Å². The van der Waals surface area contributed by atoms with Gasteiger partial charge in [0.25, 0.3) is 0 Å². The van der Waals surface area contributed by atoms with Gasteiger partial charge >= 0.3 is 0 Å². The van der Waals surface area contributed by atoms with Crippen molar-refractivity contribution in [1.82, 2.24) is 9.97 Å². The van der Waals surface area contributed by atoms with Crippen LogP contribution in [0.5, 0.6) is 0 Å². The molecule has 1 atom stereocenters. The Hall–Kier alpha value is -1.62. The molecular formula is C11H14N4O. The molecule has 2 N–H and O–H groups in total. The molecule has 16 heavy (non-hydrogen) atoms. The Labute approximate surface area is 93.3 Å². The third-order valence-electron chi connectivity index (χ3n) is 3.17. The van der Waals surface area contributed by atoms with Gasteiger partial charge in [-0.15, -0.1) is 0 Å². The van der Waals surface area contributed by atoms with Crippen molar-refractivity contribution in [2.24, 2.45) is 5.73 Å². The van der Waals surface area contributed by atoms with Crippen molar-refractivity contribution in [2.45, 2.75) is 18.9 Å². The SMILES string of the molecule is NCC1CCCN1c1ccnc2ocnc12. The number of pyridine rings is 1. The van der Waals surface area contributed by atoms with Crippen molar-refractivity contribution in [3.63, 3.8) is 0 Å². The summed E-state index contributed by atoms with van der Waals surface area (Å²) in [6.07, 6.45) is 5.53. The number of aromatic nitrogens is 2. The molecule has 5 heteroatoms. The monoisotopic (exact) mass is 218 g/mol. The fourth-order valence-corrected chi connectivity index (χ4v) is 2.39. The lowest BCUT2D eigenvalue weighted by Gasteiger charge is -2.25. The lowest BCUT2D eigenvalue weighted by Crippen LogP contribution is -2.35. The van der Waals surface area contributed by atoms with Crippen LogP contribution in [0.1, 0.15) is 12.8 Å². The molecule has 0 amide bonds. The largest absolute Gasteiger partial charge is 0.425 e. The zero-order valence-electron chi connectivity index (χ0n) is 8.97. The Balaban J connectivity index is 2.07. The maximum atomic E-state index is 5.78. The van der Waals surface area contributed by atoms with Crippen LogP contribution in [0.4, 0.5) is 5.69 Å². The van der Waals surface area contributed by atoms with Gasteiger partial charge in [0.15, 0.2) is 11.9 Å². The summed E-state index contributed by atoms with van der Waals surface area (Å²) in [4.78, 5) is 10.7. The molecule has 84 valence electrons. The van der Waals surface area contributed by atoms with E-state index in [1.807, 2.05) is 6.07 Å². The summed E-state index contributed by atoms with van der Waals surface area (Å²) in [5.74, 6) is 0. The topological polar surface area (TPSA) is 68.2 Å². The minimum Gasteiger partial charge on any atom is -0.425 e. The minimum atomic E-state index is 0.419. The van der Waals surface area contributed by atoms with Gasteiger partial charge in [0.1, 0.15) is 0 Å². The van der Waals surface area contributed by atoms with Crippen molar-refractivity contribution >= 4 is 16.9 Å². The molecule has 2 aromatic heterocycles. The van der Waals surface area contributed by atoms with Crippen molar-refractivity contribution < 1.29 is 4.42 Å². The van der Waals surface area contributed by atoms with Gasteiger partial charge in [0.2, 0.25) is 5.71 Å². The molecule has 1 aliphatic rings. The second-order valence-corrected chi connectivity index (χ2v) is 4.06. The minimum absolute atomic E-state index is 0.419. The summed E-state index contributed by atoms with van der Waals surface area (Å²) in [5.41, 5.74) is 8.30. The third kappa shape index (κ3) is 1.36. The van der Waals surface area contributed by atoms with E-state index in [0.29, 0.717) is 18.3 Å². The second-order valence-electron chi connectivity index (χ2n) is 4.06. The molecule has 0 spiro atoms. The quantitative estimate of drug-likeness (QED) is 0.819. The van der Waals surface area contributed by atoms with Crippen LogP contribution in [-0.4, -0.2) is 29.1 Å². The summed E-state index contributed by atoms with van der Waals surface area (Å²) in [6.45, 7) is 1.72. The van der Waals surface area contributed by atoms with E-state index in [4.69, 9.17) is 10.2 Å². The first-order valence-electron chi connectivity index (χ1n) is 5.55. The van der Waals surface area contributed by atoms with Gasteiger partial charge in [0.05, 0.1) is 5.69 Å². The van der Waals surface area contributed by atoms with E-state index in [0.717, 1.165) is 24.2 Å². The molecule has 1 aliphatic heterocycles. The van der Waals surface area contributed by atoms with Gasteiger partial charge in [-0.3, -0.25) is 0 Å². The molecule has 2 aromatic rings. The smallest absolute Gasteiger partial charge is 0.248 e. The van der Waals surface area contributed by atoms with E-state index in [9.17, 15) is 0 Å². The van der Waals surface area contributed by atoms with E-state index in [2.05, 4.69) is 14.9 Å². The molecule has 0 bridgehead atoms. The average molecular weight is 218 g/mol. The lowest BCUT2D eigenvalue weighted by molar-refractivity contribution is 0.590. The molecule has 0 aromatic carbocycles. The Morgan fingerprint density at radius 1 is 1.50 bits per heavy atom. The van der Waals surface area contributed by atoms with Gasteiger partial charge in [-0.1, -0.05) is 0 Å². The summed E-state index contributed by atoms with van der Waals surface area (Å²) < 4.78 is 5.21. The number of nitrogens with two attached hydrogens (primary N) is 1. The summed E-state index contributed by atoms with van der Waals surface area (Å²) >= 11 is 0. The normalized spacial score (nSPS) is 20.8. The second kappa shape index (κ2) is 3.75. The average Bonchev–Trinajstić information content (AvgIpc) is 2.96. The van der Waals surface area contributed by atoms with Crippen LogP contribution < -0.4 is 10.6 Å². The predicted molar refractivity (Wildman–Crippen MR) is 61.2 cm³/mol. The first-order chi connectivity index (χ1) is 7.90. The number of fused-ring (bicyclic) bond motifs is 1. The van der Waals surface area contributed by atoms with Crippen LogP contribution in [0.15, 0.2) is 23.1 Å². The standard InChI is InChI=1S/C11H14N4O/c12-6-8-2-1-5-15(8)9-3-4-13-11-10(9)14-7-16-11/h3-4,7-8H,1-2,5-6,12H2. The fraction of sp³-hybridized carbons (Fsp3) is 0.455. The van der Waals surface area contributed by atoms with Gasteiger partial charge < -0.3 is 15.1 Å². The molecule has 1 fully saturated rings. The molecule has 0 aliphatic carbocycles. The highest BCUT2D eigenvalue weighted by Gasteiger charge is 2.25. The number of oxazole rings is 1. The first-order valence-corrected chi connectivity index (χ1v) is 5.55. The van der Waals surface area contributed by atoms with Crippen LogP contribution in [0.2, 0.25) is 0 Å². The Morgan fingerprint density at radius 3 is 3.31 bits per heavy atom. The van der Waals surface area contributed by atoms with Crippen LogP contribution in [0.25, 0.3) is 11.2 Å². The summed E-state index contributed by atoms with van der Waals surface area (Å²) in [6, 6.07) is 2.40. The van der Waals surface area contributed by atoms with E-state index < -0.39 is 0 Å². The van der Waals surface area contributed by atoms with Crippen LogP contribution >= 0.6 is 0 Å². The zero-order chi connectivity index (χ0) is 11.0. The Morgan fingerprint density at radius 2 is 2.44 bits per heavy atom. The van der Waals surface area contributed by atoms with Crippen LogP contribution in [0.3, 0.4) is 0 Å². The number of anilines is 1. The van der Waals surface area contributed by atoms with E-state index in [1.54, 1.807) is 6.20 Å². The zero-order valence-corrected chi connectivity index (χ0v) is 8.97. The highest BCUT2D eigenvalue weighted by Crippen LogP contribution is 2.29. The highest BCUT2D eigenvalue weighted by atomic mass is 16.3. The molecule has 3 heterocycles. The maximum Gasteiger partial charge on any atom is 0.248 e. The Kier molecular flexibility index (Phi) is 2.25. The van der Waals surface area contributed by atoms with Crippen LogP contribution in [0, 0.1) is 0 Å². The predicted octanol–water partition coefficient (Wildman–Crippen LogP) is 1.15. The number of rotatable bonds is 2. The van der Waals surface area contributed by atoms with E-state index in [-0.39, 0.29) is 0 Å². The summed E-state index contributed by atoms with van der Waals surface area (Å²) in [5, 5.41) is 0. The van der Waals surface area contributed by atoms with E-state index >= 15 is 0 Å². The molecule has 1 unspecified atom stereocenters.